The van der Waals surface area contributed by atoms with E-state index in [-0.39, 0.29) is 0 Å². The maximum Gasteiger partial charge on any atom is 0.119 e. The Labute approximate surface area is 121 Å². The number of benzene rings is 2. The van der Waals surface area contributed by atoms with Gasteiger partial charge >= 0.3 is 0 Å². The standard InChI is InChI=1S/C18H22O2/c1-15(19)17-11-7-12-18(14-17)20-13-6-5-10-16-8-3-2-4-9-16/h2-4,7-9,11-12,14-15,19H,5-6,10,13H2,1H3/t15-/m0/s1. The number of aliphatic hydroxyl groups is 1. The van der Waals surface area contributed by atoms with Crippen molar-refractivity contribution in [2.75, 3.05) is 6.61 Å². The Morgan fingerprint density at radius 1 is 1.00 bits per heavy atom. The molecule has 2 heteroatoms. The van der Waals surface area contributed by atoms with Gasteiger partial charge < -0.3 is 9.84 Å². The van der Waals surface area contributed by atoms with Crippen LogP contribution < -0.4 is 4.74 Å². The van der Waals surface area contributed by atoms with Crippen molar-refractivity contribution in [1.29, 1.82) is 0 Å². The lowest BCUT2D eigenvalue weighted by Crippen LogP contribution is -1.99. The minimum atomic E-state index is -0.448. The Bertz CT molecular complexity index is 506. The lowest BCUT2D eigenvalue weighted by molar-refractivity contribution is 0.198. The monoisotopic (exact) mass is 270 g/mol. The van der Waals surface area contributed by atoms with E-state index >= 15 is 0 Å². The van der Waals surface area contributed by atoms with Crippen LogP contribution in [0.25, 0.3) is 0 Å². The third kappa shape index (κ3) is 4.71. The summed E-state index contributed by atoms with van der Waals surface area (Å²) in [4.78, 5) is 0. The van der Waals surface area contributed by atoms with Gasteiger partial charge in [0.1, 0.15) is 5.75 Å². The summed E-state index contributed by atoms with van der Waals surface area (Å²) in [7, 11) is 0. The molecule has 2 nitrogen and oxygen atoms in total. The predicted molar refractivity (Wildman–Crippen MR) is 82.0 cm³/mol. The molecule has 0 amide bonds. The molecular formula is C18H22O2. The highest BCUT2D eigenvalue weighted by molar-refractivity contribution is 5.29. The molecule has 0 heterocycles. The quantitative estimate of drug-likeness (QED) is 0.766. The Balaban J connectivity index is 1.69. The van der Waals surface area contributed by atoms with Gasteiger partial charge in [0.2, 0.25) is 0 Å². The number of rotatable bonds is 7. The molecule has 0 fully saturated rings. The van der Waals surface area contributed by atoms with E-state index < -0.39 is 6.10 Å². The Morgan fingerprint density at radius 3 is 2.55 bits per heavy atom. The van der Waals surface area contributed by atoms with Crippen molar-refractivity contribution >= 4 is 0 Å². The fraction of sp³-hybridized carbons (Fsp3) is 0.333. The van der Waals surface area contributed by atoms with Crippen molar-refractivity contribution in [1.82, 2.24) is 0 Å². The highest BCUT2D eigenvalue weighted by Gasteiger charge is 2.02. The van der Waals surface area contributed by atoms with E-state index in [0.717, 1.165) is 37.2 Å². The number of hydrogen-bond acceptors (Lipinski definition) is 2. The SMILES string of the molecule is C[C@H](O)c1cccc(OCCCCc2ccccc2)c1. The van der Waals surface area contributed by atoms with Gasteiger partial charge in [0.15, 0.2) is 0 Å². The summed E-state index contributed by atoms with van der Waals surface area (Å²) in [6, 6.07) is 18.2. The van der Waals surface area contributed by atoms with Crippen LogP contribution in [0.4, 0.5) is 0 Å². The Kier molecular flexibility index (Phi) is 5.63. The molecule has 0 unspecified atom stereocenters. The zero-order valence-corrected chi connectivity index (χ0v) is 12.0. The van der Waals surface area contributed by atoms with Gasteiger partial charge in [-0.1, -0.05) is 42.5 Å². The summed E-state index contributed by atoms with van der Waals surface area (Å²) < 4.78 is 5.72. The van der Waals surface area contributed by atoms with Crippen LogP contribution in [0.1, 0.15) is 37.0 Å². The summed E-state index contributed by atoms with van der Waals surface area (Å²) in [6.45, 7) is 2.48. The normalized spacial score (nSPS) is 12.1. The van der Waals surface area contributed by atoms with Gasteiger partial charge in [0.25, 0.3) is 0 Å². The minimum absolute atomic E-state index is 0.448. The highest BCUT2D eigenvalue weighted by Crippen LogP contribution is 2.19. The molecule has 106 valence electrons. The van der Waals surface area contributed by atoms with E-state index in [4.69, 9.17) is 4.74 Å². The first kappa shape index (κ1) is 14.6. The van der Waals surface area contributed by atoms with Crippen LogP contribution in [0.2, 0.25) is 0 Å². The van der Waals surface area contributed by atoms with Crippen molar-refractivity contribution in [2.45, 2.75) is 32.3 Å². The first-order valence-electron chi connectivity index (χ1n) is 7.20. The van der Waals surface area contributed by atoms with Crippen LogP contribution in [-0.2, 0) is 6.42 Å². The molecule has 0 aromatic heterocycles. The third-order valence-corrected chi connectivity index (χ3v) is 3.31. The molecule has 0 radical (unpaired) electrons. The van der Waals surface area contributed by atoms with E-state index in [2.05, 4.69) is 24.3 Å². The smallest absolute Gasteiger partial charge is 0.119 e. The summed E-state index contributed by atoms with van der Waals surface area (Å²) >= 11 is 0. The molecule has 20 heavy (non-hydrogen) atoms. The van der Waals surface area contributed by atoms with Crippen LogP contribution in [0.15, 0.2) is 54.6 Å². The van der Waals surface area contributed by atoms with E-state index in [9.17, 15) is 5.11 Å². The van der Waals surface area contributed by atoms with Gasteiger partial charge in [-0.25, -0.2) is 0 Å². The third-order valence-electron chi connectivity index (χ3n) is 3.31. The Morgan fingerprint density at radius 2 is 1.80 bits per heavy atom. The number of unbranched alkanes of at least 4 members (excludes halogenated alkanes) is 1. The van der Waals surface area contributed by atoms with Crippen molar-refractivity contribution in [3.63, 3.8) is 0 Å². The molecule has 1 N–H and O–H groups in total. The predicted octanol–water partition coefficient (Wildman–Crippen LogP) is 4.14. The van der Waals surface area contributed by atoms with E-state index in [1.807, 2.05) is 30.3 Å². The van der Waals surface area contributed by atoms with Crippen LogP contribution in [0, 0.1) is 0 Å². The second kappa shape index (κ2) is 7.71. The van der Waals surface area contributed by atoms with Crippen LogP contribution in [-0.4, -0.2) is 11.7 Å². The average Bonchev–Trinajstić information content (AvgIpc) is 2.48. The van der Waals surface area contributed by atoms with Crippen molar-refractivity contribution in [3.05, 3.63) is 65.7 Å². The Hall–Kier alpha value is -1.80. The zero-order valence-electron chi connectivity index (χ0n) is 12.0. The van der Waals surface area contributed by atoms with Gasteiger partial charge in [-0.15, -0.1) is 0 Å². The maximum absolute atomic E-state index is 9.53. The molecule has 0 saturated carbocycles. The molecular weight excluding hydrogens is 248 g/mol. The van der Waals surface area contributed by atoms with Crippen LogP contribution in [0.3, 0.4) is 0 Å². The lowest BCUT2D eigenvalue weighted by atomic mass is 10.1. The van der Waals surface area contributed by atoms with E-state index in [0.29, 0.717) is 0 Å². The maximum atomic E-state index is 9.53. The van der Waals surface area contributed by atoms with Crippen molar-refractivity contribution in [2.24, 2.45) is 0 Å². The molecule has 0 bridgehead atoms. The van der Waals surface area contributed by atoms with Gasteiger partial charge in [-0.05, 0) is 49.4 Å². The molecule has 0 aliphatic heterocycles. The lowest BCUT2D eigenvalue weighted by Gasteiger charge is -2.09. The van der Waals surface area contributed by atoms with Crippen molar-refractivity contribution < 1.29 is 9.84 Å². The topological polar surface area (TPSA) is 29.5 Å². The molecule has 2 aromatic rings. The van der Waals surface area contributed by atoms with Gasteiger partial charge in [-0.3, -0.25) is 0 Å². The molecule has 0 saturated heterocycles. The minimum Gasteiger partial charge on any atom is -0.494 e. The molecule has 2 aromatic carbocycles. The molecule has 0 aliphatic carbocycles. The largest absolute Gasteiger partial charge is 0.494 e. The first-order chi connectivity index (χ1) is 9.75. The fourth-order valence-corrected chi connectivity index (χ4v) is 2.13. The second-order valence-corrected chi connectivity index (χ2v) is 5.04. The number of aryl methyl sites for hydroxylation is 1. The van der Waals surface area contributed by atoms with Gasteiger partial charge in [-0.2, -0.15) is 0 Å². The van der Waals surface area contributed by atoms with Crippen LogP contribution in [0.5, 0.6) is 5.75 Å². The van der Waals surface area contributed by atoms with Crippen molar-refractivity contribution in [3.8, 4) is 5.75 Å². The molecule has 0 aliphatic rings. The van der Waals surface area contributed by atoms with E-state index in [1.165, 1.54) is 5.56 Å². The summed E-state index contributed by atoms with van der Waals surface area (Å²) in [5.41, 5.74) is 2.27. The molecule has 0 spiro atoms. The highest BCUT2D eigenvalue weighted by atomic mass is 16.5. The average molecular weight is 270 g/mol. The summed E-state index contributed by atoms with van der Waals surface area (Å²) in [5, 5.41) is 9.53. The number of aliphatic hydroxyl groups excluding tert-OH is 1. The molecule has 2 rings (SSSR count). The number of hydrogen-bond donors (Lipinski definition) is 1. The zero-order chi connectivity index (χ0) is 14.2. The fourth-order valence-electron chi connectivity index (χ4n) is 2.13. The summed E-state index contributed by atoms with van der Waals surface area (Å²) in [5.74, 6) is 0.836. The second-order valence-electron chi connectivity index (χ2n) is 5.04. The first-order valence-corrected chi connectivity index (χ1v) is 7.20. The molecule has 1 atom stereocenters. The summed E-state index contributed by atoms with van der Waals surface area (Å²) in [6.07, 6.45) is 2.81. The number of ether oxygens (including phenoxy) is 1. The van der Waals surface area contributed by atoms with Gasteiger partial charge in [0, 0.05) is 0 Å². The van der Waals surface area contributed by atoms with Crippen LogP contribution >= 0.6 is 0 Å². The van der Waals surface area contributed by atoms with E-state index in [1.54, 1.807) is 6.92 Å². The van der Waals surface area contributed by atoms with Gasteiger partial charge in [0.05, 0.1) is 12.7 Å².